The molecule has 3 rings (SSSR count). The molecule has 3 heterocycles. The van der Waals surface area contributed by atoms with Crippen molar-refractivity contribution >= 4 is 5.91 Å². The summed E-state index contributed by atoms with van der Waals surface area (Å²) in [5, 5.41) is 7.78. The number of likely N-dealkylation sites (N-methyl/N-ethyl adjacent to an activating group) is 1. The Kier molecular flexibility index (Phi) is 6.32. The molecule has 0 unspecified atom stereocenters. The maximum atomic E-state index is 13.4. The molecule has 2 aliphatic rings. The molecule has 1 aromatic rings. The fourth-order valence-corrected chi connectivity index (χ4v) is 4.43. The number of methoxy groups -OCH3 is 1. The summed E-state index contributed by atoms with van der Waals surface area (Å²) in [5.74, 6) is 0.226. The molecule has 1 spiro atoms. The Morgan fingerprint density at radius 3 is 2.88 bits per heavy atom. The SMILES string of the molecule is CCn1cc(CN(CCOC)C(=O)[C@@H]2CC3(CCNCC3)CN2C)cn1. The zero-order valence-corrected chi connectivity index (χ0v) is 16.4. The van der Waals surface area contributed by atoms with Crippen LogP contribution in [0.4, 0.5) is 0 Å². The first-order valence-corrected chi connectivity index (χ1v) is 9.77. The van der Waals surface area contributed by atoms with E-state index in [1.165, 1.54) is 12.8 Å². The molecule has 0 bridgehead atoms. The zero-order chi connectivity index (χ0) is 18.6. The Morgan fingerprint density at radius 1 is 1.46 bits per heavy atom. The van der Waals surface area contributed by atoms with Gasteiger partial charge in [0.15, 0.2) is 0 Å². The third-order valence-corrected chi connectivity index (χ3v) is 5.95. The Bertz CT molecular complexity index is 597. The summed E-state index contributed by atoms with van der Waals surface area (Å²) in [7, 11) is 3.78. The number of nitrogens with one attached hydrogen (secondary N) is 1. The van der Waals surface area contributed by atoms with Gasteiger partial charge in [-0.2, -0.15) is 5.10 Å². The van der Waals surface area contributed by atoms with Crippen molar-refractivity contribution in [3.63, 3.8) is 0 Å². The van der Waals surface area contributed by atoms with E-state index in [1.807, 2.05) is 22.0 Å². The van der Waals surface area contributed by atoms with Crippen molar-refractivity contribution in [2.24, 2.45) is 5.41 Å². The average Bonchev–Trinajstić information content (AvgIpc) is 3.23. The van der Waals surface area contributed by atoms with Gasteiger partial charge in [0.25, 0.3) is 0 Å². The number of hydrogen-bond donors (Lipinski definition) is 1. The highest BCUT2D eigenvalue weighted by Crippen LogP contribution is 2.41. The summed E-state index contributed by atoms with van der Waals surface area (Å²) < 4.78 is 7.15. The van der Waals surface area contributed by atoms with E-state index >= 15 is 0 Å². The molecule has 1 atom stereocenters. The molecule has 146 valence electrons. The van der Waals surface area contributed by atoms with E-state index < -0.39 is 0 Å². The predicted molar refractivity (Wildman–Crippen MR) is 101 cm³/mol. The number of rotatable bonds is 7. The van der Waals surface area contributed by atoms with Crippen molar-refractivity contribution in [2.45, 2.75) is 45.3 Å². The van der Waals surface area contributed by atoms with Gasteiger partial charge in [-0.3, -0.25) is 14.4 Å². The number of aryl methyl sites for hydroxylation is 1. The third-order valence-electron chi connectivity index (χ3n) is 5.95. The van der Waals surface area contributed by atoms with Crippen LogP contribution in [0.15, 0.2) is 12.4 Å². The van der Waals surface area contributed by atoms with Crippen molar-refractivity contribution in [1.29, 1.82) is 0 Å². The van der Waals surface area contributed by atoms with Gasteiger partial charge in [-0.05, 0) is 51.7 Å². The zero-order valence-electron chi connectivity index (χ0n) is 16.4. The molecule has 0 saturated carbocycles. The van der Waals surface area contributed by atoms with Crippen LogP contribution in [-0.4, -0.2) is 78.5 Å². The lowest BCUT2D eigenvalue weighted by atomic mass is 9.77. The smallest absolute Gasteiger partial charge is 0.240 e. The molecule has 7 heteroatoms. The first kappa shape index (κ1) is 19.3. The largest absolute Gasteiger partial charge is 0.383 e. The molecule has 1 N–H and O–H groups in total. The molecule has 1 amide bonds. The number of nitrogens with zero attached hydrogens (tertiary/aromatic N) is 4. The van der Waals surface area contributed by atoms with Gasteiger partial charge in [0.2, 0.25) is 5.91 Å². The lowest BCUT2D eigenvalue weighted by molar-refractivity contribution is -0.137. The molecule has 1 aromatic heterocycles. The maximum absolute atomic E-state index is 13.4. The maximum Gasteiger partial charge on any atom is 0.240 e. The van der Waals surface area contributed by atoms with Crippen molar-refractivity contribution in [3.8, 4) is 0 Å². The molecule has 0 aliphatic carbocycles. The van der Waals surface area contributed by atoms with Crippen LogP contribution in [0.3, 0.4) is 0 Å². The summed E-state index contributed by atoms with van der Waals surface area (Å²) in [6, 6.07) is -0.0221. The van der Waals surface area contributed by atoms with Crippen LogP contribution in [0.1, 0.15) is 31.7 Å². The standard InChI is InChI=1S/C19H33N5O2/c1-4-24-14-16(12-21-24)13-23(9-10-26-3)18(25)17-11-19(15-22(17)2)5-7-20-8-6-19/h12,14,17,20H,4-11,13,15H2,1-3H3/t17-/m0/s1. The highest BCUT2D eigenvalue weighted by molar-refractivity contribution is 5.82. The molecule has 26 heavy (non-hydrogen) atoms. The lowest BCUT2D eigenvalue weighted by Crippen LogP contribution is -2.45. The second kappa shape index (κ2) is 8.50. The topological polar surface area (TPSA) is 62.6 Å². The van der Waals surface area contributed by atoms with Gasteiger partial charge in [-0.15, -0.1) is 0 Å². The van der Waals surface area contributed by atoms with E-state index in [4.69, 9.17) is 4.74 Å². The quantitative estimate of drug-likeness (QED) is 0.782. The van der Waals surface area contributed by atoms with Crippen molar-refractivity contribution in [3.05, 3.63) is 18.0 Å². The van der Waals surface area contributed by atoms with E-state index in [2.05, 4.69) is 29.3 Å². The van der Waals surface area contributed by atoms with Crippen LogP contribution in [0.2, 0.25) is 0 Å². The third kappa shape index (κ3) is 4.27. The summed E-state index contributed by atoms with van der Waals surface area (Å²) in [4.78, 5) is 17.6. The molecular formula is C19H33N5O2. The number of piperidine rings is 1. The minimum absolute atomic E-state index is 0.0221. The van der Waals surface area contributed by atoms with Gasteiger partial charge >= 0.3 is 0 Å². The van der Waals surface area contributed by atoms with Gasteiger partial charge < -0.3 is 15.0 Å². The molecule has 7 nitrogen and oxygen atoms in total. The Balaban J connectivity index is 1.69. The number of likely N-dealkylation sites (tertiary alicyclic amines) is 1. The van der Waals surface area contributed by atoms with E-state index in [1.54, 1.807) is 7.11 Å². The van der Waals surface area contributed by atoms with Crippen molar-refractivity contribution < 1.29 is 9.53 Å². The minimum atomic E-state index is -0.0221. The number of amides is 1. The van der Waals surface area contributed by atoms with Crippen molar-refractivity contribution in [1.82, 2.24) is 24.9 Å². The Labute approximate surface area is 156 Å². The average molecular weight is 364 g/mol. The minimum Gasteiger partial charge on any atom is -0.383 e. The molecule has 0 radical (unpaired) electrons. The van der Waals surface area contributed by atoms with E-state index in [0.717, 1.165) is 38.2 Å². The fraction of sp³-hybridized carbons (Fsp3) is 0.789. The first-order valence-electron chi connectivity index (χ1n) is 9.77. The molecule has 2 fully saturated rings. The fourth-order valence-electron chi connectivity index (χ4n) is 4.43. The van der Waals surface area contributed by atoms with Crippen LogP contribution < -0.4 is 5.32 Å². The summed E-state index contributed by atoms with van der Waals surface area (Å²) in [5.41, 5.74) is 1.38. The number of carbonyl (C=O) groups excluding carboxylic acids is 1. The number of hydrogen-bond acceptors (Lipinski definition) is 5. The molecule has 2 aliphatic heterocycles. The number of carbonyl (C=O) groups is 1. The van der Waals surface area contributed by atoms with Crippen LogP contribution >= 0.6 is 0 Å². The summed E-state index contributed by atoms with van der Waals surface area (Å²) in [6.45, 7) is 7.84. The second-order valence-corrected chi connectivity index (χ2v) is 7.84. The first-order chi connectivity index (χ1) is 12.6. The van der Waals surface area contributed by atoms with Gasteiger partial charge in [0.1, 0.15) is 0 Å². The monoisotopic (exact) mass is 363 g/mol. The van der Waals surface area contributed by atoms with E-state index in [0.29, 0.717) is 25.1 Å². The normalized spacial score (nSPS) is 22.8. The van der Waals surface area contributed by atoms with E-state index in [-0.39, 0.29) is 11.9 Å². The van der Waals surface area contributed by atoms with E-state index in [9.17, 15) is 4.79 Å². The predicted octanol–water partition coefficient (Wildman–Crippen LogP) is 0.952. The Morgan fingerprint density at radius 2 is 2.23 bits per heavy atom. The number of aromatic nitrogens is 2. The van der Waals surface area contributed by atoms with Crippen LogP contribution in [0, 0.1) is 5.41 Å². The second-order valence-electron chi connectivity index (χ2n) is 7.84. The summed E-state index contributed by atoms with van der Waals surface area (Å²) >= 11 is 0. The van der Waals surface area contributed by atoms with Crippen LogP contribution in [0.5, 0.6) is 0 Å². The number of ether oxygens (including phenoxy) is 1. The Hall–Kier alpha value is -1.44. The highest BCUT2D eigenvalue weighted by Gasteiger charge is 2.46. The van der Waals surface area contributed by atoms with Gasteiger partial charge in [-0.25, -0.2) is 0 Å². The van der Waals surface area contributed by atoms with Crippen molar-refractivity contribution in [2.75, 3.05) is 46.9 Å². The molecular weight excluding hydrogens is 330 g/mol. The van der Waals surface area contributed by atoms with Gasteiger partial charge in [0.05, 0.1) is 18.8 Å². The van der Waals surface area contributed by atoms with Crippen LogP contribution in [0.25, 0.3) is 0 Å². The lowest BCUT2D eigenvalue weighted by Gasteiger charge is -2.33. The van der Waals surface area contributed by atoms with Gasteiger partial charge in [-0.1, -0.05) is 0 Å². The summed E-state index contributed by atoms with van der Waals surface area (Å²) in [6.07, 6.45) is 7.20. The molecule has 2 saturated heterocycles. The highest BCUT2D eigenvalue weighted by atomic mass is 16.5. The van der Waals surface area contributed by atoms with Crippen LogP contribution in [-0.2, 0) is 22.6 Å². The molecule has 0 aromatic carbocycles. The van der Waals surface area contributed by atoms with Gasteiger partial charge in [0, 0.05) is 45.0 Å².